The Hall–Kier alpha value is -2.33. The summed E-state index contributed by atoms with van der Waals surface area (Å²) >= 11 is 6.19. The Kier molecular flexibility index (Phi) is 4.94. The number of rotatable bonds is 5. The number of hydrogen-bond donors (Lipinski definition) is 3. The molecular formula is C19H21ClFN5O3. The van der Waals surface area contributed by atoms with Gasteiger partial charge in [0.25, 0.3) is 0 Å². The van der Waals surface area contributed by atoms with Crippen molar-refractivity contribution >= 4 is 28.6 Å². The lowest BCUT2D eigenvalue weighted by Crippen LogP contribution is -2.51. The molecule has 2 aromatic heterocycles. The molecule has 4 atom stereocenters. The fourth-order valence-electron chi connectivity index (χ4n) is 3.50. The minimum Gasteiger partial charge on any atom is -0.394 e. The van der Waals surface area contributed by atoms with Crippen LogP contribution >= 0.6 is 11.6 Å². The normalized spacial score (nSPS) is 29.4. The topological polar surface area (TPSA) is 105 Å². The Labute approximate surface area is 171 Å². The van der Waals surface area contributed by atoms with Crippen LogP contribution in [0.4, 0.5) is 10.2 Å². The summed E-state index contributed by atoms with van der Waals surface area (Å²) in [5.41, 5.74) is -2.43. The van der Waals surface area contributed by atoms with E-state index in [1.54, 1.807) is 6.07 Å². The van der Waals surface area contributed by atoms with Crippen molar-refractivity contribution in [3.63, 3.8) is 0 Å². The SMILES string of the molecule is C[C@]1(F)[C@H](n2cnc3c(NCc4ccccc4Cl)ncnc32)O[C@H](CO)[C@@]1(C)O. The molecule has 154 valence electrons. The molecule has 3 N–H and O–H groups in total. The molecule has 0 bridgehead atoms. The van der Waals surface area contributed by atoms with E-state index in [1.165, 1.54) is 31.1 Å². The third kappa shape index (κ3) is 3.14. The van der Waals surface area contributed by atoms with Crippen LogP contribution in [0.2, 0.25) is 5.02 Å². The number of aromatic nitrogens is 4. The summed E-state index contributed by atoms with van der Waals surface area (Å²) in [6.07, 6.45) is 0.422. The predicted molar refractivity (Wildman–Crippen MR) is 105 cm³/mol. The van der Waals surface area contributed by atoms with E-state index in [4.69, 9.17) is 16.3 Å². The summed E-state index contributed by atoms with van der Waals surface area (Å²) in [6.45, 7) is 2.44. The number of aliphatic hydroxyl groups is 2. The van der Waals surface area contributed by atoms with E-state index >= 15 is 4.39 Å². The number of imidazole rings is 1. The molecule has 1 aliphatic heterocycles. The molecule has 1 fully saturated rings. The summed E-state index contributed by atoms with van der Waals surface area (Å²) in [4.78, 5) is 12.8. The van der Waals surface area contributed by atoms with Crippen molar-refractivity contribution in [2.24, 2.45) is 0 Å². The third-order valence-electron chi connectivity index (χ3n) is 5.55. The molecule has 3 heterocycles. The van der Waals surface area contributed by atoms with Gasteiger partial charge in [-0.15, -0.1) is 0 Å². The Balaban J connectivity index is 1.67. The maximum atomic E-state index is 15.5. The Bertz CT molecular complexity index is 1040. The first-order chi connectivity index (χ1) is 13.8. The van der Waals surface area contributed by atoms with Crippen molar-refractivity contribution in [1.82, 2.24) is 19.5 Å². The van der Waals surface area contributed by atoms with E-state index in [0.29, 0.717) is 28.5 Å². The number of fused-ring (bicyclic) bond motifs is 1. The molecular weight excluding hydrogens is 401 g/mol. The highest BCUT2D eigenvalue weighted by molar-refractivity contribution is 6.31. The molecule has 0 saturated carbocycles. The highest BCUT2D eigenvalue weighted by atomic mass is 35.5. The molecule has 29 heavy (non-hydrogen) atoms. The van der Waals surface area contributed by atoms with Crippen molar-refractivity contribution in [3.8, 4) is 0 Å². The van der Waals surface area contributed by atoms with Crippen molar-refractivity contribution in [2.45, 2.75) is 44.0 Å². The number of alkyl halides is 1. The van der Waals surface area contributed by atoms with Gasteiger partial charge in [-0.3, -0.25) is 4.57 Å². The van der Waals surface area contributed by atoms with E-state index in [2.05, 4.69) is 20.3 Å². The first-order valence-electron chi connectivity index (χ1n) is 9.09. The summed E-state index contributed by atoms with van der Waals surface area (Å²) in [5.74, 6) is 0.456. The van der Waals surface area contributed by atoms with Gasteiger partial charge in [0.05, 0.1) is 12.9 Å². The van der Waals surface area contributed by atoms with Crippen LogP contribution in [0, 0.1) is 0 Å². The quantitative estimate of drug-likeness (QED) is 0.581. The van der Waals surface area contributed by atoms with Gasteiger partial charge in [0.2, 0.25) is 0 Å². The van der Waals surface area contributed by atoms with Crippen molar-refractivity contribution in [3.05, 3.63) is 47.5 Å². The zero-order chi connectivity index (χ0) is 20.8. The van der Waals surface area contributed by atoms with E-state index in [9.17, 15) is 10.2 Å². The molecule has 1 saturated heterocycles. The highest BCUT2D eigenvalue weighted by Gasteiger charge is 2.63. The van der Waals surface area contributed by atoms with Crippen LogP contribution in [0.1, 0.15) is 25.6 Å². The van der Waals surface area contributed by atoms with Crippen LogP contribution in [0.15, 0.2) is 36.9 Å². The van der Waals surface area contributed by atoms with Crippen molar-refractivity contribution in [2.75, 3.05) is 11.9 Å². The van der Waals surface area contributed by atoms with Crippen molar-refractivity contribution < 1.29 is 19.3 Å². The lowest BCUT2D eigenvalue weighted by molar-refractivity contribution is -0.0891. The fourth-order valence-corrected chi connectivity index (χ4v) is 3.70. The fraction of sp³-hybridized carbons (Fsp3) is 0.421. The molecule has 3 aromatic rings. The minimum atomic E-state index is -2.19. The Morgan fingerprint density at radius 2 is 2.03 bits per heavy atom. The number of nitrogens with one attached hydrogen (secondary N) is 1. The second-order valence-electron chi connectivity index (χ2n) is 7.37. The summed E-state index contributed by atoms with van der Waals surface area (Å²) in [6, 6.07) is 7.42. The first kappa shape index (κ1) is 20.0. The number of nitrogens with zero attached hydrogens (tertiary/aromatic N) is 4. The van der Waals surface area contributed by atoms with E-state index in [-0.39, 0.29) is 0 Å². The predicted octanol–water partition coefficient (Wildman–Crippen LogP) is 2.46. The molecule has 8 nitrogen and oxygen atoms in total. The zero-order valence-corrected chi connectivity index (χ0v) is 16.6. The third-order valence-corrected chi connectivity index (χ3v) is 5.92. The highest BCUT2D eigenvalue weighted by Crippen LogP contribution is 2.48. The lowest BCUT2D eigenvalue weighted by atomic mass is 9.85. The van der Waals surface area contributed by atoms with Crippen LogP contribution in [0.5, 0.6) is 0 Å². The first-order valence-corrected chi connectivity index (χ1v) is 9.47. The molecule has 0 radical (unpaired) electrons. The summed E-state index contributed by atoms with van der Waals surface area (Å²) in [5, 5.41) is 23.8. The van der Waals surface area contributed by atoms with Gasteiger partial charge in [0.15, 0.2) is 28.9 Å². The maximum absolute atomic E-state index is 15.5. The van der Waals surface area contributed by atoms with Gasteiger partial charge >= 0.3 is 0 Å². The molecule has 0 aliphatic carbocycles. The smallest absolute Gasteiger partial charge is 0.183 e. The Morgan fingerprint density at radius 3 is 2.72 bits per heavy atom. The van der Waals surface area contributed by atoms with Crippen molar-refractivity contribution in [1.29, 1.82) is 0 Å². The summed E-state index contributed by atoms with van der Waals surface area (Å²) in [7, 11) is 0. The maximum Gasteiger partial charge on any atom is 0.183 e. The van der Waals surface area contributed by atoms with Crippen LogP contribution < -0.4 is 5.32 Å². The second-order valence-corrected chi connectivity index (χ2v) is 7.78. The van der Waals surface area contributed by atoms with Gasteiger partial charge in [0.1, 0.15) is 18.0 Å². The molecule has 0 unspecified atom stereocenters. The molecule has 10 heteroatoms. The number of halogens is 2. The molecule has 0 spiro atoms. The second kappa shape index (κ2) is 7.17. The van der Waals surface area contributed by atoms with Crippen LogP contribution in [-0.2, 0) is 11.3 Å². The van der Waals surface area contributed by atoms with Crippen LogP contribution in [0.3, 0.4) is 0 Å². The largest absolute Gasteiger partial charge is 0.394 e. The molecule has 0 amide bonds. The number of hydrogen-bond acceptors (Lipinski definition) is 7. The molecule has 1 aliphatic rings. The van der Waals surface area contributed by atoms with E-state index in [0.717, 1.165) is 5.56 Å². The lowest BCUT2D eigenvalue weighted by Gasteiger charge is -2.32. The monoisotopic (exact) mass is 421 g/mol. The number of anilines is 1. The molecule has 1 aromatic carbocycles. The number of ether oxygens (including phenoxy) is 1. The summed E-state index contributed by atoms with van der Waals surface area (Å²) < 4.78 is 22.5. The standard InChI is InChI=1S/C19H21ClFN5O3/c1-18(21)17(29-13(8-27)19(18,2)28)26-10-25-14-15(23-9-24-16(14)26)22-7-11-5-3-4-6-12(11)20/h3-6,9-10,13,17,27-28H,7-8H2,1-2H3,(H,22,23,24)/t13-,17-,18+,19-/m1/s1. The van der Waals surface area contributed by atoms with Gasteiger partial charge in [0, 0.05) is 11.6 Å². The Morgan fingerprint density at radius 1 is 1.28 bits per heavy atom. The zero-order valence-electron chi connectivity index (χ0n) is 15.9. The minimum absolute atomic E-state index is 0.338. The van der Waals surface area contributed by atoms with Crippen LogP contribution in [0.25, 0.3) is 11.2 Å². The van der Waals surface area contributed by atoms with Crippen LogP contribution in [-0.4, -0.2) is 53.7 Å². The number of aliphatic hydroxyl groups excluding tert-OH is 1. The van der Waals surface area contributed by atoms with Gasteiger partial charge < -0.3 is 20.3 Å². The van der Waals surface area contributed by atoms with Gasteiger partial charge in [-0.25, -0.2) is 19.3 Å². The van der Waals surface area contributed by atoms with Gasteiger partial charge in [-0.1, -0.05) is 29.8 Å². The van der Waals surface area contributed by atoms with Gasteiger partial charge in [-0.05, 0) is 25.5 Å². The van der Waals surface area contributed by atoms with E-state index < -0.39 is 30.2 Å². The molecule has 4 rings (SSSR count). The average molecular weight is 422 g/mol. The number of benzene rings is 1. The van der Waals surface area contributed by atoms with Gasteiger partial charge in [-0.2, -0.15) is 0 Å². The average Bonchev–Trinajstić information content (AvgIpc) is 3.18. The van der Waals surface area contributed by atoms with E-state index in [1.807, 2.05) is 18.2 Å².